The Morgan fingerprint density at radius 1 is 0.932 bits per heavy atom. The lowest BCUT2D eigenvalue weighted by atomic mass is 10.0. The molecule has 1 fully saturated rings. The standard InChI is InChI=1S/C34H46N4O6/c1-5-26(6-2)36-33(40)37-34(42-4)20-8-7-9-31(34)44-29-16-12-27(13-17-29)35-32(39)25-10-14-28(15-11-25)43-30-18-21-38(22-19-30)23-24-41-3/h7-17,20,26,30-31H,5-6,18-19,21-24H2,1-4H3,(H,35,39)(H2,36,37,40). The largest absolute Gasteiger partial charge is 0.490 e. The summed E-state index contributed by atoms with van der Waals surface area (Å²) in [7, 11) is 3.26. The fourth-order valence-electron chi connectivity index (χ4n) is 5.28. The first kappa shape index (κ1) is 33.0. The first-order valence-electron chi connectivity index (χ1n) is 15.4. The molecule has 1 saturated heterocycles. The van der Waals surface area contributed by atoms with E-state index in [1.807, 2.05) is 44.2 Å². The third-order valence-electron chi connectivity index (χ3n) is 8.07. The van der Waals surface area contributed by atoms with E-state index in [0.29, 0.717) is 17.0 Å². The Hall–Kier alpha value is -3.86. The third kappa shape index (κ3) is 9.07. The first-order valence-corrected chi connectivity index (χ1v) is 15.4. The minimum Gasteiger partial charge on any atom is -0.490 e. The highest BCUT2D eigenvalue weighted by Gasteiger charge is 2.40. The van der Waals surface area contributed by atoms with Crippen molar-refractivity contribution in [2.45, 2.75) is 63.5 Å². The zero-order valence-corrected chi connectivity index (χ0v) is 26.2. The van der Waals surface area contributed by atoms with Gasteiger partial charge in [0.25, 0.3) is 5.91 Å². The van der Waals surface area contributed by atoms with Gasteiger partial charge in [-0.2, -0.15) is 0 Å². The molecule has 10 nitrogen and oxygen atoms in total. The van der Waals surface area contributed by atoms with E-state index >= 15 is 0 Å². The average molecular weight is 607 g/mol. The van der Waals surface area contributed by atoms with Crippen molar-refractivity contribution in [3.05, 3.63) is 78.4 Å². The van der Waals surface area contributed by atoms with Gasteiger partial charge < -0.3 is 39.8 Å². The SMILES string of the molecule is CCC(CC)NC(=O)NC1(OC)C=CC=CC1Oc1ccc(NC(=O)c2ccc(OC3CCN(CCOC)CC3)cc2)cc1. The Kier molecular flexibility index (Phi) is 12.2. The molecule has 0 aromatic heterocycles. The van der Waals surface area contributed by atoms with Gasteiger partial charge in [-0.1, -0.05) is 26.0 Å². The van der Waals surface area contributed by atoms with Crippen LogP contribution in [0, 0.1) is 0 Å². The van der Waals surface area contributed by atoms with Gasteiger partial charge in [0.1, 0.15) is 17.6 Å². The van der Waals surface area contributed by atoms with E-state index in [2.05, 4.69) is 20.9 Å². The number of amides is 3. The second-order valence-electron chi connectivity index (χ2n) is 11.0. The van der Waals surface area contributed by atoms with Gasteiger partial charge in [-0.3, -0.25) is 4.79 Å². The number of hydrogen-bond donors (Lipinski definition) is 3. The molecule has 0 spiro atoms. The molecule has 2 aromatic rings. The van der Waals surface area contributed by atoms with Crippen LogP contribution in [0.2, 0.25) is 0 Å². The van der Waals surface area contributed by atoms with E-state index in [0.717, 1.165) is 57.7 Å². The number of allylic oxidation sites excluding steroid dienone is 2. The first-order chi connectivity index (χ1) is 21.4. The molecular weight excluding hydrogens is 560 g/mol. The number of anilines is 1. The number of benzene rings is 2. The Morgan fingerprint density at radius 3 is 2.23 bits per heavy atom. The minimum absolute atomic E-state index is 0.0698. The predicted molar refractivity (Wildman–Crippen MR) is 171 cm³/mol. The molecule has 10 heteroatoms. The summed E-state index contributed by atoms with van der Waals surface area (Å²) in [6.45, 7) is 7.74. The van der Waals surface area contributed by atoms with Gasteiger partial charge in [-0.15, -0.1) is 0 Å². The molecule has 1 aliphatic heterocycles. The van der Waals surface area contributed by atoms with Crippen LogP contribution in [0.25, 0.3) is 0 Å². The van der Waals surface area contributed by atoms with Crippen LogP contribution in [0.4, 0.5) is 10.5 Å². The van der Waals surface area contributed by atoms with E-state index in [4.69, 9.17) is 18.9 Å². The van der Waals surface area contributed by atoms with Gasteiger partial charge in [0, 0.05) is 51.1 Å². The van der Waals surface area contributed by atoms with Crippen LogP contribution in [0.3, 0.4) is 0 Å². The molecule has 2 aliphatic rings. The summed E-state index contributed by atoms with van der Waals surface area (Å²) >= 11 is 0. The summed E-state index contributed by atoms with van der Waals surface area (Å²) in [5.41, 5.74) is -0.0221. The molecule has 0 radical (unpaired) electrons. The molecule has 238 valence electrons. The van der Waals surface area contributed by atoms with Crippen LogP contribution in [0.1, 0.15) is 49.9 Å². The molecule has 2 unspecified atom stereocenters. The number of methoxy groups -OCH3 is 2. The summed E-state index contributed by atoms with van der Waals surface area (Å²) in [5, 5.41) is 8.84. The maximum absolute atomic E-state index is 12.9. The number of nitrogens with one attached hydrogen (secondary N) is 3. The quantitative estimate of drug-likeness (QED) is 0.256. The Balaban J connectivity index is 1.29. The lowest BCUT2D eigenvalue weighted by Crippen LogP contribution is -2.61. The average Bonchev–Trinajstić information content (AvgIpc) is 3.05. The van der Waals surface area contributed by atoms with Crippen molar-refractivity contribution >= 4 is 17.6 Å². The van der Waals surface area contributed by atoms with Crippen molar-refractivity contribution in [1.29, 1.82) is 0 Å². The Morgan fingerprint density at radius 2 is 1.59 bits per heavy atom. The highest BCUT2D eigenvalue weighted by atomic mass is 16.6. The van der Waals surface area contributed by atoms with Gasteiger partial charge in [0.15, 0.2) is 6.10 Å². The fourth-order valence-corrected chi connectivity index (χ4v) is 5.28. The van der Waals surface area contributed by atoms with E-state index in [1.54, 1.807) is 49.6 Å². The molecule has 1 heterocycles. The van der Waals surface area contributed by atoms with Crippen LogP contribution < -0.4 is 25.4 Å². The van der Waals surface area contributed by atoms with E-state index < -0.39 is 11.8 Å². The summed E-state index contributed by atoms with van der Waals surface area (Å²) in [6.07, 6.45) is 10.4. The number of nitrogens with zero attached hydrogens (tertiary/aromatic N) is 1. The number of carbonyl (C=O) groups is 2. The maximum Gasteiger partial charge on any atom is 0.317 e. The van der Waals surface area contributed by atoms with Gasteiger partial charge in [0.05, 0.1) is 6.61 Å². The Bertz CT molecular complexity index is 1250. The van der Waals surface area contributed by atoms with Crippen molar-refractivity contribution in [3.63, 3.8) is 0 Å². The van der Waals surface area contributed by atoms with Crippen LogP contribution >= 0.6 is 0 Å². The molecule has 4 rings (SSSR count). The molecule has 2 atom stereocenters. The second-order valence-corrected chi connectivity index (χ2v) is 11.0. The molecule has 44 heavy (non-hydrogen) atoms. The molecular formula is C34H46N4O6. The normalized spacial score (nSPS) is 20.3. The van der Waals surface area contributed by atoms with Crippen molar-refractivity contribution in [1.82, 2.24) is 15.5 Å². The zero-order valence-electron chi connectivity index (χ0n) is 26.2. The second kappa shape index (κ2) is 16.3. The smallest absolute Gasteiger partial charge is 0.317 e. The van der Waals surface area contributed by atoms with Gasteiger partial charge in [0.2, 0.25) is 5.72 Å². The highest BCUT2D eigenvalue weighted by molar-refractivity contribution is 6.04. The van der Waals surface area contributed by atoms with Crippen LogP contribution in [0.5, 0.6) is 11.5 Å². The summed E-state index contributed by atoms with van der Waals surface area (Å²) < 4.78 is 23.3. The van der Waals surface area contributed by atoms with Crippen molar-refractivity contribution < 1.29 is 28.5 Å². The zero-order chi connectivity index (χ0) is 31.4. The van der Waals surface area contributed by atoms with Crippen molar-refractivity contribution in [2.75, 3.05) is 45.8 Å². The van der Waals surface area contributed by atoms with Gasteiger partial charge in [-0.25, -0.2) is 4.79 Å². The maximum atomic E-state index is 12.9. The molecule has 0 saturated carbocycles. The predicted octanol–water partition coefficient (Wildman–Crippen LogP) is 5.13. The lowest BCUT2D eigenvalue weighted by molar-refractivity contribution is -0.0539. The number of piperidine rings is 1. The number of ether oxygens (including phenoxy) is 4. The summed E-state index contributed by atoms with van der Waals surface area (Å²) in [5.74, 6) is 1.10. The minimum atomic E-state index is -1.19. The van der Waals surface area contributed by atoms with E-state index in [1.165, 1.54) is 7.11 Å². The molecule has 3 amide bonds. The van der Waals surface area contributed by atoms with E-state index in [9.17, 15) is 9.59 Å². The number of carbonyl (C=O) groups excluding carboxylic acids is 2. The van der Waals surface area contributed by atoms with Crippen LogP contribution in [0.15, 0.2) is 72.8 Å². The number of likely N-dealkylation sites (tertiary alicyclic amines) is 1. The highest BCUT2D eigenvalue weighted by Crippen LogP contribution is 2.27. The monoisotopic (exact) mass is 606 g/mol. The van der Waals surface area contributed by atoms with Crippen LogP contribution in [-0.2, 0) is 9.47 Å². The lowest BCUT2D eigenvalue weighted by Gasteiger charge is -2.37. The van der Waals surface area contributed by atoms with Crippen molar-refractivity contribution in [3.8, 4) is 11.5 Å². The summed E-state index contributed by atoms with van der Waals surface area (Å²) in [4.78, 5) is 28.0. The van der Waals surface area contributed by atoms with Crippen LogP contribution in [-0.4, -0.2) is 81.3 Å². The summed E-state index contributed by atoms with van der Waals surface area (Å²) in [6, 6.07) is 14.1. The van der Waals surface area contributed by atoms with Crippen molar-refractivity contribution in [2.24, 2.45) is 0 Å². The molecule has 2 aromatic carbocycles. The fraction of sp³-hybridized carbons (Fsp3) is 0.471. The van der Waals surface area contributed by atoms with Gasteiger partial charge >= 0.3 is 6.03 Å². The molecule has 1 aliphatic carbocycles. The Labute approximate surface area is 260 Å². The topological polar surface area (TPSA) is 110 Å². The number of rotatable bonds is 14. The molecule has 3 N–H and O–H groups in total. The number of urea groups is 1. The molecule has 0 bridgehead atoms. The number of hydrogen-bond acceptors (Lipinski definition) is 7. The third-order valence-corrected chi connectivity index (χ3v) is 8.07. The van der Waals surface area contributed by atoms with E-state index in [-0.39, 0.29) is 24.1 Å². The van der Waals surface area contributed by atoms with Gasteiger partial charge in [-0.05, 0) is 86.4 Å².